The van der Waals surface area contributed by atoms with E-state index in [0.717, 1.165) is 24.8 Å². The minimum absolute atomic E-state index is 0.110. The van der Waals surface area contributed by atoms with Gasteiger partial charge in [0.2, 0.25) is 0 Å². The Kier molecular flexibility index (Phi) is 4.71. The molecule has 2 unspecified atom stereocenters. The van der Waals surface area contributed by atoms with E-state index in [1.807, 2.05) is 0 Å². The zero-order chi connectivity index (χ0) is 12.1. The van der Waals surface area contributed by atoms with Crippen molar-refractivity contribution in [1.29, 1.82) is 0 Å². The largest absolute Gasteiger partial charge is 0.469 e. The number of carbonyl (C=O) groups excluding carboxylic acids is 2. The van der Waals surface area contributed by atoms with E-state index in [1.165, 1.54) is 7.11 Å². The predicted molar refractivity (Wildman–Crippen MR) is 61.9 cm³/mol. The van der Waals surface area contributed by atoms with Gasteiger partial charge in [-0.1, -0.05) is 25.5 Å². The molecular weight excluding hydrogens is 204 g/mol. The molecule has 0 amide bonds. The first-order chi connectivity index (χ1) is 7.60. The van der Waals surface area contributed by atoms with Gasteiger partial charge in [0.15, 0.2) is 0 Å². The Labute approximate surface area is 96.9 Å². The Balaban J connectivity index is 2.66. The summed E-state index contributed by atoms with van der Waals surface area (Å²) in [5, 5.41) is 0. The van der Waals surface area contributed by atoms with Gasteiger partial charge in [0.25, 0.3) is 0 Å². The average Bonchev–Trinajstić information content (AvgIpc) is 2.60. The third-order valence-corrected chi connectivity index (χ3v) is 3.25. The van der Waals surface area contributed by atoms with Crippen molar-refractivity contribution in [3.05, 3.63) is 12.2 Å². The number of hydrogen-bond acceptors (Lipinski definition) is 3. The van der Waals surface area contributed by atoms with E-state index in [4.69, 9.17) is 0 Å². The quantitative estimate of drug-likeness (QED) is 0.532. The molecule has 0 N–H and O–H groups in total. The van der Waals surface area contributed by atoms with Crippen molar-refractivity contribution in [2.75, 3.05) is 7.11 Å². The topological polar surface area (TPSA) is 43.4 Å². The van der Waals surface area contributed by atoms with Crippen LogP contribution in [0.5, 0.6) is 0 Å². The smallest absolute Gasteiger partial charge is 0.305 e. The number of ether oxygens (including phenoxy) is 1. The van der Waals surface area contributed by atoms with Crippen molar-refractivity contribution in [1.82, 2.24) is 0 Å². The molecule has 1 saturated carbocycles. The van der Waals surface area contributed by atoms with Crippen molar-refractivity contribution < 1.29 is 14.3 Å². The van der Waals surface area contributed by atoms with Crippen LogP contribution in [0.2, 0.25) is 0 Å². The SMILES string of the molecule is C=C(CCC)C1C(=O)CCC1CC(=O)OC. The van der Waals surface area contributed by atoms with E-state index >= 15 is 0 Å². The van der Waals surface area contributed by atoms with Gasteiger partial charge in [-0.05, 0) is 18.8 Å². The summed E-state index contributed by atoms with van der Waals surface area (Å²) in [6.07, 6.45) is 3.58. The van der Waals surface area contributed by atoms with E-state index < -0.39 is 0 Å². The molecular formula is C13H20O3. The maximum Gasteiger partial charge on any atom is 0.305 e. The monoisotopic (exact) mass is 224 g/mol. The van der Waals surface area contributed by atoms with Crippen molar-refractivity contribution in [2.24, 2.45) is 11.8 Å². The number of carbonyl (C=O) groups is 2. The molecule has 1 fully saturated rings. The lowest BCUT2D eigenvalue weighted by atomic mass is 9.85. The molecule has 0 aliphatic heterocycles. The molecule has 0 aromatic heterocycles. The van der Waals surface area contributed by atoms with E-state index in [1.54, 1.807) is 0 Å². The second kappa shape index (κ2) is 5.83. The fraction of sp³-hybridized carbons (Fsp3) is 0.692. The summed E-state index contributed by atoms with van der Waals surface area (Å²) in [6, 6.07) is 0. The molecule has 0 saturated heterocycles. The number of methoxy groups -OCH3 is 1. The third-order valence-electron chi connectivity index (χ3n) is 3.25. The van der Waals surface area contributed by atoms with Crippen LogP contribution in [0.4, 0.5) is 0 Å². The molecule has 0 bridgehead atoms. The van der Waals surface area contributed by atoms with Crippen LogP contribution in [0, 0.1) is 11.8 Å². The zero-order valence-electron chi connectivity index (χ0n) is 10.1. The third kappa shape index (κ3) is 2.94. The highest BCUT2D eigenvalue weighted by Gasteiger charge is 2.37. The molecule has 90 valence electrons. The Hall–Kier alpha value is -1.12. The van der Waals surface area contributed by atoms with Gasteiger partial charge >= 0.3 is 5.97 Å². The number of hydrogen-bond donors (Lipinski definition) is 0. The molecule has 0 aromatic rings. The maximum atomic E-state index is 11.8. The second-order valence-electron chi connectivity index (χ2n) is 4.43. The number of ketones is 1. The standard InChI is InChI=1S/C13H20O3/c1-4-5-9(2)13-10(6-7-11(13)14)8-12(15)16-3/h10,13H,2,4-8H2,1,3H3. The van der Waals surface area contributed by atoms with Crippen LogP contribution < -0.4 is 0 Å². The van der Waals surface area contributed by atoms with Gasteiger partial charge in [-0.25, -0.2) is 0 Å². The highest BCUT2D eigenvalue weighted by atomic mass is 16.5. The van der Waals surface area contributed by atoms with Gasteiger partial charge in [-0.15, -0.1) is 0 Å². The Morgan fingerprint density at radius 3 is 2.81 bits per heavy atom. The average molecular weight is 224 g/mol. The number of esters is 1. The first-order valence-corrected chi connectivity index (χ1v) is 5.87. The highest BCUT2D eigenvalue weighted by molar-refractivity contribution is 5.87. The van der Waals surface area contributed by atoms with Crippen LogP contribution in [0.1, 0.15) is 39.0 Å². The van der Waals surface area contributed by atoms with Crippen LogP contribution in [-0.2, 0) is 14.3 Å². The van der Waals surface area contributed by atoms with Gasteiger partial charge in [0.05, 0.1) is 7.11 Å². The van der Waals surface area contributed by atoms with Crippen molar-refractivity contribution in [3.63, 3.8) is 0 Å². The summed E-state index contributed by atoms with van der Waals surface area (Å²) >= 11 is 0. The summed E-state index contributed by atoms with van der Waals surface area (Å²) in [6.45, 7) is 6.06. The minimum Gasteiger partial charge on any atom is -0.469 e. The number of allylic oxidation sites excluding steroid dienone is 1. The summed E-state index contributed by atoms with van der Waals surface area (Å²) in [4.78, 5) is 23.0. The van der Waals surface area contributed by atoms with Gasteiger partial charge in [-0.2, -0.15) is 0 Å². The normalized spacial score (nSPS) is 24.5. The van der Waals surface area contributed by atoms with E-state index in [9.17, 15) is 9.59 Å². The van der Waals surface area contributed by atoms with E-state index in [0.29, 0.717) is 12.8 Å². The van der Waals surface area contributed by atoms with Crippen LogP contribution in [0.15, 0.2) is 12.2 Å². The Bertz CT molecular complexity index is 294. The lowest BCUT2D eigenvalue weighted by Crippen LogP contribution is -2.20. The van der Waals surface area contributed by atoms with Crippen LogP contribution in [0.3, 0.4) is 0 Å². The molecule has 16 heavy (non-hydrogen) atoms. The van der Waals surface area contributed by atoms with Gasteiger partial charge in [-0.3, -0.25) is 9.59 Å². The first kappa shape index (κ1) is 12.9. The number of rotatable bonds is 5. The van der Waals surface area contributed by atoms with Crippen molar-refractivity contribution >= 4 is 11.8 Å². The molecule has 0 spiro atoms. The molecule has 3 nitrogen and oxygen atoms in total. The Morgan fingerprint density at radius 1 is 1.56 bits per heavy atom. The molecule has 0 aromatic carbocycles. The minimum atomic E-state index is -0.228. The second-order valence-corrected chi connectivity index (χ2v) is 4.43. The fourth-order valence-electron chi connectivity index (χ4n) is 2.47. The van der Waals surface area contributed by atoms with Crippen LogP contribution in [-0.4, -0.2) is 18.9 Å². The van der Waals surface area contributed by atoms with Crippen molar-refractivity contribution in [2.45, 2.75) is 39.0 Å². The first-order valence-electron chi connectivity index (χ1n) is 5.87. The molecule has 1 rings (SSSR count). The van der Waals surface area contributed by atoms with E-state index in [2.05, 4.69) is 18.2 Å². The van der Waals surface area contributed by atoms with Crippen LogP contribution >= 0.6 is 0 Å². The lowest BCUT2D eigenvalue weighted by molar-refractivity contribution is -0.141. The van der Waals surface area contributed by atoms with Crippen molar-refractivity contribution in [3.8, 4) is 0 Å². The molecule has 0 heterocycles. The molecule has 2 atom stereocenters. The maximum absolute atomic E-state index is 11.8. The summed E-state index contributed by atoms with van der Waals surface area (Å²) in [5.41, 5.74) is 0.985. The van der Waals surface area contributed by atoms with Gasteiger partial charge in [0.1, 0.15) is 5.78 Å². The number of Topliss-reactive ketones (excluding diaryl/α,β-unsaturated/α-hetero) is 1. The molecule has 1 aliphatic rings. The molecule has 3 heteroatoms. The lowest BCUT2D eigenvalue weighted by Gasteiger charge is -2.19. The molecule has 1 aliphatic carbocycles. The van der Waals surface area contributed by atoms with Gasteiger partial charge < -0.3 is 4.74 Å². The zero-order valence-corrected chi connectivity index (χ0v) is 10.1. The predicted octanol–water partition coefficient (Wildman–Crippen LogP) is 2.50. The van der Waals surface area contributed by atoms with Crippen LogP contribution in [0.25, 0.3) is 0 Å². The van der Waals surface area contributed by atoms with E-state index in [-0.39, 0.29) is 23.6 Å². The summed E-state index contributed by atoms with van der Waals surface area (Å²) in [5.74, 6) is 0.0133. The fourth-order valence-corrected chi connectivity index (χ4v) is 2.47. The highest BCUT2D eigenvalue weighted by Crippen LogP contribution is 2.37. The Morgan fingerprint density at radius 2 is 2.25 bits per heavy atom. The van der Waals surface area contributed by atoms with Gasteiger partial charge in [0, 0.05) is 18.8 Å². The summed E-state index contributed by atoms with van der Waals surface area (Å²) in [7, 11) is 1.38. The molecule has 0 radical (unpaired) electrons. The summed E-state index contributed by atoms with van der Waals surface area (Å²) < 4.78 is 4.66.